The van der Waals surface area contributed by atoms with Gasteiger partial charge in [0.15, 0.2) is 0 Å². The summed E-state index contributed by atoms with van der Waals surface area (Å²) in [6, 6.07) is 0. The lowest BCUT2D eigenvalue weighted by atomic mass is 10.2. The third kappa shape index (κ3) is 2.80. The van der Waals surface area contributed by atoms with Crippen molar-refractivity contribution in [3.8, 4) is 0 Å². The van der Waals surface area contributed by atoms with Gasteiger partial charge in [0.2, 0.25) is 0 Å². The number of nitrogens with two attached hydrogens (primary N) is 1. The summed E-state index contributed by atoms with van der Waals surface area (Å²) in [5.74, 6) is -0.243. The molecule has 16 heavy (non-hydrogen) atoms. The highest BCUT2D eigenvalue weighted by Gasteiger charge is 2.17. The van der Waals surface area contributed by atoms with Crippen LogP contribution in [0.15, 0.2) is 6.20 Å². The molecular formula is C10H18N4O2. The molecule has 6 heteroatoms. The third-order valence-corrected chi connectivity index (χ3v) is 2.29. The molecule has 1 aromatic heterocycles. The Bertz CT molecular complexity index is 358. The number of aryl methyl sites for hydroxylation is 2. The molecule has 3 N–H and O–H groups in total. The van der Waals surface area contributed by atoms with Gasteiger partial charge in [-0.1, -0.05) is 6.92 Å². The van der Waals surface area contributed by atoms with Crippen LogP contribution in [0.5, 0.6) is 0 Å². The van der Waals surface area contributed by atoms with E-state index in [4.69, 9.17) is 10.5 Å². The average Bonchev–Trinajstić information content (AvgIpc) is 2.60. The summed E-state index contributed by atoms with van der Waals surface area (Å²) in [6.45, 7) is 2.14. The Morgan fingerprint density at radius 1 is 1.75 bits per heavy atom. The monoisotopic (exact) mass is 226 g/mol. The maximum absolute atomic E-state index is 11.7. The lowest BCUT2D eigenvalue weighted by Gasteiger charge is -2.12. The highest BCUT2D eigenvalue weighted by molar-refractivity contribution is 5.94. The van der Waals surface area contributed by atoms with E-state index in [9.17, 15) is 4.79 Å². The summed E-state index contributed by atoms with van der Waals surface area (Å²) in [7, 11) is 3.27. The number of methoxy groups -OCH3 is 1. The summed E-state index contributed by atoms with van der Waals surface area (Å²) in [4.78, 5) is 11.7. The van der Waals surface area contributed by atoms with Gasteiger partial charge in [-0.3, -0.25) is 9.48 Å². The van der Waals surface area contributed by atoms with E-state index in [1.54, 1.807) is 10.9 Å². The first-order chi connectivity index (χ1) is 7.62. The van der Waals surface area contributed by atoms with E-state index in [2.05, 4.69) is 10.4 Å². The molecular weight excluding hydrogens is 208 g/mol. The summed E-state index contributed by atoms with van der Waals surface area (Å²) >= 11 is 0. The summed E-state index contributed by atoms with van der Waals surface area (Å²) in [5.41, 5.74) is 6.97. The fourth-order valence-electron chi connectivity index (χ4n) is 1.42. The zero-order valence-electron chi connectivity index (χ0n) is 9.86. The second kappa shape index (κ2) is 5.62. The fourth-order valence-corrected chi connectivity index (χ4v) is 1.42. The standard InChI is InChI=1S/C10H18N4O2/c1-4-7-8(6-14(2)13-7)12-10(15)9(5-11)16-3/h6,9H,4-5,11H2,1-3H3,(H,12,15). The van der Waals surface area contributed by atoms with Gasteiger partial charge in [-0.25, -0.2) is 0 Å². The van der Waals surface area contributed by atoms with E-state index < -0.39 is 6.10 Å². The molecule has 0 fully saturated rings. The molecule has 0 bridgehead atoms. The molecule has 1 aromatic rings. The highest BCUT2D eigenvalue weighted by atomic mass is 16.5. The van der Waals surface area contributed by atoms with Crippen molar-refractivity contribution in [1.82, 2.24) is 9.78 Å². The van der Waals surface area contributed by atoms with E-state index in [0.29, 0.717) is 5.69 Å². The fraction of sp³-hybridized carbons (Fsp3) is 0.600. The van der Waals surface area contributed by atoms with Gasteiger partial charge in [-0.05, 0) is 6.42 Å². The maximum Gasteiger partial charge on any atom is 0.254 e. The zero-order chi connectivity index (χ0) is 12.1. The van der Waals surface area contributed by atoms with E-state index in [1.165, 1.54) is 7.11 Å². The number of hydrogen-bond donors (Lipinski definition) is 2. The van der Waals surface area contributed by atoms with Crippen LogP contribution < -0.4 is 11.1 Å². The van der Waals surface area contributed by atoms with Gasteiger partial charge in [-0.2, -0.15) is 5.10 Å². The number of ether oxygens (including phenoxy) is 1. The lowest BCUT2D eigenvalue weighted by Crippen LogP contribution is -2.36. The molecule has 6 nitrogen and oxygen atoms in total. The van der Waals surface area contributed by atoms with Crippen LogP contribution in [0.2, 0.25) is 0 Å². The number of anilines is 1. The van der Waals surface area contributed by atoms with E-state index >= 15 is 0 Å². The first-order valence-electron chi connectivity index (χ1n) is 5.18. The van der Waals surface area contributed by atoms with Gasteiger partial charge in [0.25, 0.3) is 5.91 Å². The van der Waals surface area contributed by atoms with Crippen LogP contribution in [0.4, 0.5) is 5.69 Å². The molecule has 1 unspecified atom stereocenters. The molecule has 0 spiro atoms. The van der Waals surface area contributed by atoms with E-state index in [0.717, 1.165) is 12.1 Å². The van der Waals surface area contributed by atoms with Crippen molar-refractivity contribution < 1.29 is 9.53 Å². The molecule has 1 rings (SSSR count). The minimum atomic E-state index is -0.620. The van der Waals surface area contributed by atoms with Gasteiger partial charge in [0.05, 0.1) is 11.4 Å². The minimum Gasteiger partial charge on any atom is -0.370 e. The van der Waals surface area contributed by atoms with Gasteiger partial charge < -0.3 is 15.8 Å². The van der Waals surface area contributed by atoms with Crippen molar-refractivity contribution in [2.24, 2.45) is 12.8 Å². The second-order valence-corrected chi connectivity index (χ2v) is 3.47. The number of nitrogens with zero attached hydrogens (tertiary/aromatic N) is 2. The minimum absolute atomic E-state index is 0.157. The van der Waals surface area contributed by atoms with Crippen molar-refractivity contribution in [1.29, 1.82) is 0 Å². The number of carbonyl (C=O) groups is 1. The van der Waals surface area contributed by atoms with Crippen molar-refractivity contribution in [3.05, 3.63) is 11.9 Å². The number of aromatic nitrogens is 2. The summed E-state index contributed by atoms with van der Waals surface area (Å²) in [6.07, 6.45) is 1.90. The van der Waals surface area contributed by atoms with E-state index in [1.807, 2.05) is 14.0 Å². The van der Waals surface area contributed by atoms with Crippen LogP contribution in [0, 0.1) is 0 Å². The highest BCUT2D eigenvalue weighted by Crippen LogP contribution is 2.13. The van der Waals surface area contributed by atoms with Gasteiger partial charge in [0, 0.05) is 26.9 Å². The Hall–Kier alpha value is -1.40. The average molecular weight is 226 g/mol. The Labute approximate surface area is 94.8 Å². The molecule has 0 aliphatic carbocycles. The maximum atomic E-state index is 11.7. The van der Waals surface area contributed by atoms with Crippen LogP contribution in [-0.2, 0) is 23.0 Å². The smallest absolute Gasteiger partial charge is 0.254 e. The Balaban J connectivity index is 2.75. The van der Waals surface area contributed by atoms with E-state index in [-0.39, 0.29) is 12.5 Å². The van der Waals surface area contributed by atoms with Gasteiger partial charge in [0.1, 0.15) is 6.10 Å². The van der Waals surface area contributed by atoms with Crippen LogP contribution >= 0.6 is 0 Å². The quantitative estimate of drug-likeness (QED) is 0.734. The molecule has 0 aliphatic heterocycles. The predicted molar refractivity (Wildman–Crippen MR) is 61.1 cm³/mol. The molecule has 0 aliphatic rings. The molecule has 0 radical (unpaired) electrons. The third-order valence-electron chi connectivity index (χ3n) is 2.29. The number of carbonyl (C=O) groups excluding carboxylic acids is 1. The Morgan fingerprint density at radius 3 is 2.94 bits per heavy atom. The molecule has 1 atom stereocenters. The number of amides is 1. The largest absolute Gasteiger partial charge is 0.370 e. The lowest BCUT2D eigenvalue weighted by molar-refractivity contribution is -0.125. The molecule has 90 valence electrons. The molecule has 1 amide bonds. The summed E-state index contributed by atoms with van der Waals surface area (Å²) in [5, 5.41) is 6.98. The predicted octanol–water partition coefficient (Wildman–Crippen LogP) is -0.105. The van der Waals surface area contributed by atoms with Crippen molar-refractivity contribution in [3.63, 3.8) is 0 Å². The van der Waals surface area contributed by atoms with Crippen LogP contribution in [0.25, 0.3) is 0 Å². The number of hydrogen-bond acceptors (Lipinski definition) is 4. The SMILES string of the molecule is CCc1nn(C)cc1NC(=O)C(CN)OC. The topological polar surface area (TPSA) is 82.2 Å². The first kappa shape index (κ1) is 12.7. The molecule has 0 aromatic carbocycles. The second-order valence-electron chi connectivity index (χ2n) is 3.47. The Morgan fingerprint density at radius 2 is 2.44 bits per heavy atom. The number of rotatable bonds is 5. The zero-order valence-corrected chi connectivity index (χ0v) is 9.86. The van der Waals surface area contributed by atoms with Crippen LogP contribution in [-0.4, -0.2) is 35.4 Å². The van der Waals surface area contributed by atoms with Crippen LogP contribution in [0.1, 0.15) is 12.6 Å². The van der Waals surface area contributed by atoms with Crippen molar-refractivity contribution in [2.45, 2.75) is 19.4 Å². The van der Waals surface area contributed by atoms with Crippen molar-refractivity contribution in [2.75, 3.05) is 19.0 Å². The van der Waals surface area contributed by atoms with Gasteiger partial charge >= 0.3 is 0 Å². The normalized spacial score (nSPS) is 12.5. The summed E-state index contributed by atoms with van der Waals surface area (Å²) < 4.78 is 6.61. The molecule has 0 saturated heterocycles. The van der Waals surface area contributed by atoms with Crippen molar-refractivity contribution >= 4 is 11.6 Å². The molecule has 1 heterocycles. The van der Waals surface area contributed by atoms with Crippen LogP contribution in [0.3, 0.4) is 0 Å². The Kier molecular flexibility index (Phi) is 4.45. The first-order valence-corrected chi connectivity index (χ1v) is 5.18. The number of nitrogens with one attached hydrogen (secondary N) is 1. The molecule has 0 saturated carbocycles. The van der Waals surface area contributed by atoms with Gasteiger partial charge in [-0.15, -0.1) is 0 Å².